The van der Waals surface area contributed by atoms with Crippen molar-refractivity contribution < 1.29 is 28.7 Å². The van der Waals surface area contributed by atoms with Crippen molar-refractivity contribution in [3.05, 3.63) is 101 Å². The number of nitrogens with zero attached hydrogens (tertiary/aromatic N) is 2. The van der Waals surface area contributed by atoms with Crippen LogP contribution in [0, 0.1) is 5.82 Å². The van der Waals surface area contributed by atoms with E-state index in [-0.39, 0.29) is 42.5 Å². The molecule has 0 bridgehead atoms. The monoisotopic (exact) mass is 515 g/mol. The van der Waals surface area contributed by atoms with Crippen LogP contribution in [-0.2, 0) is 16.0 Å². The van der Waals surface area contributed by atoms with Crippen molar-refractivity contribution in [1.82, 2.24) is 15.1 Å². The van der Waals surface area contributed by atoms with Gasteiger partial charge in [-0.25, -0.2) is 4.39 Å². The molecule has 8 nitrogen and oxygen atoms in total. The lowest BCUT2D eigenvalue weighted by Crippen LogP contribution is -2.53. The maximum atomic E-state index is 13.8. The molecule has 2 aliphatic rings. The smallest absolute Gasteiger partial charge is 0.254 e. The molecule has 2 heterocycles. The maximum Gasteiger partial charge on any atom is 0.254 e. The zero-order chi connectivity index (χ0) is 26.8. The second kappa shape index (κ2) is 10.5. The Bertz CT molecular complexity index is 1380. The lowest BCUT2D eigenvalue weighted by Gasteiger charge is -2.28. The Hall–Kier alpha value is -4.53. The number of carbonyl (C=O) groups excluding carboxylic acids is 4. The molecule has 2 aliphatic heterocycles. The van der Waals surface area contributed by atoms with E-state index in [4.69, 9.17) is 0 Å². The van der Waals surface area contributed by atoms with E-state index < -0.39 is 35.8 Å². The van der Waals surface area contributed by atoms with E-state index in [1.165, 1.54) is 40.1 Å². The highest BCUT2D eigenvalue weighted by molar-refractivity contribution is 6.03. The Morgan fingerprint density at radius 3 is 2.37 bits per heavy atom. The fraction of sp³-hybridized carbons (Fsp3) is 0.241. The number of amides is 3. The van der Waals surface area contributed by atoms with Gasteiger partial charge < -0.3 is 20.2 Å². The molecule has 0 aromatic heterocycles. The summed E-state index contributed by atoms with van der Waals surface area (Å²) in [6, 6.07) is 17.7. The van der Waals surface area contributed by atoms with Crippen molar-refractivity contribution in [3.63, 3.8) is 0 Å². The number of phenols is 1. The van der Waals surface area contributed by atoms with Crippen LogP contribution in [0.15, 0.2) is 78.9 Å². The number of hydrogen-bond donors (Lipinski definition) is 2. The molecule has 38 heavy (non-hydrogen) atoms. The highest BCUT2D eigenvalue weighted by Crippen LogP contribution is 2.31. The SMILES string of the molecule is O=C(N[C@@H](Cc1ccc(O)cc1)C(=O)N1CCC2[C@H]1C(=O)CN2C(=O)c1ccccc1)c1cccc(F)c1. The number of phenolic OH excluding ortho intramolecular Hbond substituents is 1. The summed E-state index contributed by atoms with van der Waals surface area (Å²) >= 11 is 0. The highest BCUT2D eigenvalue weighted by atomic mass is 19.1. The lowest BCUT2D eigenvalue weighted by atomic mass is 10.0. The van der Waals surface area contributed by atoms with E-state index in [2.05, 4.69) is 5.32 Å². The Morgan fingerprint density at radius 1 is 0.947 bits per heavy atom. The molecule has 3 atom stereocenters. The van der Waals surface area contributed by atoms with Gasteiger partial charge in [-0.3, -0.25) is 19.2 Å². The van der Waals surface area contributed by atoms with E-state index in [0.29, 0.717) is 17.5 Å². The zero-order valence-corrected chi connectivity index (χ0v) is 20.4. The van der Waals surface area contributed by atoms with Gasteiger partial charge in [0.2, 0.25) is 5.91 Å². The van der Waals surface area contributed by atoms with Crippen LogP contribution in [0.25, 0.3) is 0 Å². The fourth-order valence-corrected chi connectivity index (χ4v) is 5.22. The zero-order valence-electron chi connectivity index (χ0n) is 20.4. The van der Waals surface area contributed by atoms with Crippen molar-refractivity contribution in [2.75, 3.05) is 13.1 Å². The molecule has 3 aromatic rings. The molecule has 194 valence electrons. The van der Waals surface area contributed by atoms with Gasteiger partial charge in [-0.1, -0.05) is 36.4 Å². The van der Waals surface area contributed by atoms with Crippen LogP contribution in [0.3, 0.4) is 0 Å². The van der Waals surface area contributed by atoms with E-state index in [1.807, 2.05) is 0 Å². The number of halogens is 1. The number of Topliss-reactive ketones (excluding diaryl/α,β-unsaturated/α-hetero) is 1. The predicted octanol–water partition coefficient (Wildman–Crippen LogP) is 2.57. The van der Waals surface area contributed by atoms with Gasteiger partial charge in [0.1, 0.15) is 23.7 Å². The molecule has 0 aliphatic carbocycles. The molecule has 1 unspecified atom stereocenters. The molecular weight excluding hydrogens is 489 g/mol. The van der Waals surface area contributed by atoms with Crippen molar-refractivity contribution in [2.24, 2.45) is 0 Å². The molecule has 2 fully saturated rings. The summed E-state index contributed by atoms with van der Waals surface area (Å²) in [5, 5.41) is 12.3. The predicted molar refractivity (Wildman–Crippen MR) is 136 cm³/mol. The molecule has 5 rings (SSSR count). The first kappa shape index (κ1) is 25.1. The number of hydrogen-bond acceptors (Lipinski definition) is 5. The highest BCUT2D eigenvalue weighted by Gasteiger charge is 2.52. The number of ketones is 1. The molecular formula is C29H26FN3O5. The second-order valence-electron chi connectivity index (χ2n) is 9.50. The van der Waals surface area contributed by atoms with Crippen molar-refractivity contribution >= 4 is 23.5 Å². The summed E-state index contributed by atoms with van der Waals surface area (Å²) in [7, 11) is 0. The van der Waals surface area contributed by atoms with Crippen molar-refractivity contribution in [3.8, 4) is 5.75 Å². The number of likely N-dealkylation sites (tertiary alicyclic amines) is 2. The van der Waals surface area contributed by atoms with Gasteiger partial charge >= 0.3 is 0 Å². The average Bonchev–Trinajstić information content (AvgIpc) is 3.50. The van der Waals surface area contributed by atoms with Gasteiger partial charge in [0, 0.05) is 24.1 Å². The van der Waals surface area contributed by atoms with E-state index >= 15 is 0 Å². The van der Waals surface area contributed by atoms with Crippen LogP contribution in [0.5, 0.6) is 5.75 Å². The Kier molecular flexibility index (Phi) is 6.91. The number of rotatable bonds is 6. The van der Waals surface area contributed by atoms with Crippen LogP contribution in [-0.4, -0.2) is 69.6 Å². The minimum Gasteiger partial charge on any atom is -0.508 e. The number of benzene rings is 3. The topological polar surface area (TPSA) is 107 Å². The van der Waals surface area contributed by atoms with Gasteiger partial charge in [-0.15, -0.1) is 0 Å². The summed E-state index contributed by atoms with van der Waals surface area (Å²) in [6.45, 7) is 0.158. The van der Waals surface area contributed by atoms with Gasteiger partial charge in [0.05, 0.1) is 12.6 Å². The van der Waals surface area contributed by atoms with Gasteiger partial charge in [-0.05, 0) is 54.4 Å². The van der Waals surface area contributed by atoms with Crippen LogP contribution < -0.4 is 5.32 Å². The normalized spacial score (nSPS) is 19.2. The van der Waals surface area contributed by atoms with Crippen molar-refractivity contribution in [1.29, 1.82) is 0 Å². The Balaban J connectivity index is 1.38. The third kappa shape index (κ3) is 5.00. The molecule has 3 amide bonds. The third-order valence-corrected chi connectivity index (χ3v) is 7.05. The molecule has 0 radical (unpaired) electrons. The number of carbonyl (C=O) groups is 4. The fourth-order valence-electron chi connectivity index (χ4n) is 5.22. The van der Waals surface area contributed by atoms with Crippen LogP contribution in [0.2, 0.25) is 0 Å². The summed E-state index contributed by atoms with van der Waals surface area (Å²) < 4.78 is 13.7. The first-order valence-electron chi connectivity index (χ1n) is 12.4. The molecule has 2 N–H and O–H groups in total. The minimum atomic E-state index is -1.05. The molecule has 0 saturated carbocycles. The second-order valence-corrected chi connectivity index (χ2v) is 9.50. The summed E-state index contributed by atoms with van der Waals surface area (Å²) in [5.74, 6) is -2.11. The molecule has 0 spiro atoms. The van der Waals surface area contributed by atoms with Crippen LogP contribution in [0.1, 0.15) is 32.7 Å². The lowest BCUT2D eigenvalue weighted by molar-refractivity contribution is -0.138. The summed E-state index contributed by atoms with van der Waals surface area (Å²) in [6.07, 6.45) is 0.527. The van der Waals surface area contributed by atoms with Gasteiger partial charge in [0.25, 0.3) is 11.8 Å². The molecule has 9 heteroatoms. The summed E-state index contributed by atoms with van der Waals surface area (Å²) in [5.41, 5.74) is 1.21. The summed E-state index contributed by atoms with van der Waals surface area (Å²) in [4.78, 5) is 55.9. The van der Waals surface area contributed by atoms with E-state index in [1.54, 1.807) is 42.5 Å². The Labute approximate surface area is 218 Å². The number of aromatic hydroxyl groups is 1. The third-order valence-electron chi connectivity index (χ3n) is 7.05. The molecule has 3 aromatic carbocycles. The van der Waals surface area contributed by atoms with Crippen LogP contribution >= 0.6 is 0 Å². The first-order chi connectivity index (χ1) is 18.3. The Morgan fingerprint density at radius 2 is 1.66 bits per heavy atom. The van der Waals surface area contributed by atoms with E-state index in [9.17, 15) is 28.7 Å². The van der Waals surface area contributed by atoms with Crippen LogP contribution in [0.4, 0.5) is 4.39 Å². The van der Waals surface area contributed by atoms with Crippen molar-refractivity contribution in [2.45, 2.75) is 31.0 Å². The van der Waals surface area contributed by atoms with E-state index in [0.717, 1.165) is 6.07 Å². The number of nitrogens with one attached hydrogen (secondary N) is 1. The average molecular weight is 516 g/mol. The maximum absolute atomic E-state index is 13.8. The first-order valence-corrected chi connectivity index (χ1v) is 12.4. The largest absolute Gasteiger partial charge is 0.508 e. The quantitative estimate of drug-likeness (QED) is 0.525. The standard InChI is InChI=1S/C29H26FN3O5/c30-21-8-4-7-20(16-21)27(36)31-23(15-18-9-11-22(34)12-10-18)29(38)32-14-13-24-26(32)25(35)17-33(24)28(37)19-5-2-1-3-6-19/h1-12,16,23-24,26,34H,13-15,17H2,(H,31,36)/t23-,24?,26-/m0/s1. The van der Waals surface area contributed by atoms with Gasteiger partial charge in [0.15, 0.2) is 5.78 Å². The minimum absolute atomic E-state index is 0.0579. The molecule has 2 saturated heterocycles. The van der Waals surface area contributed by atoms with Gasteiger partial charge in [-0.2, -0.15) is 0 Å². The number of fused-ring (bicyclic) bond motifs is 1.